The first-order chi connectivity index (χ1) is 11.0. The number of nitrogens with zero attached hydrogens (tertiary/aromatic N) is 2. The number of piperazine rings is 1. The first-order valence-electron chi connectivity index (χ1n) is 7.89. The highest BCUT2D eigenvalue weighted by atomic mass is 35.5. The van der Waals surface area contributed by atoms with Crippen molar-refractivity contribution in [3.8, 4) is 0 Å². The summed E-state index contributed by atoms with van der Waals surface area (Å²) in [7, 11) is 0. The number of carbonyl (C=O) groups is 1. The average molecular weight is 333 g/mol. The maximum Gasteiger partial charge on any atom is 0.289 e. The van der Waals surface area contributed by atoms with Crippen LogP contribution in [0.15, 0.2) is 40.8 Å². The van der Waals surface area contributed by atoms with Gasteiger partial charge in [0, 0.05) is 31.9 Å². The fourth-order valence-corrected chi connectivity index (χ4v) is 2.95. The molecule has 1 aromatic heterocycles. The van der Waals surface area contributed by atoms with Gasteiger partial charge in [0.25, 0.3) is 5.91 Å². The molecular weight excluding hydrogens is 312 g/mol. The lowest BCUT2D eigenvalue weighted by atomic mass is 10.2. The number of alkyl halides is 1. The van der Waals surface area contributed by atoms with Crippen LogP contribution >= 0.6 is 11.6 Å². The lowest BCUT2D eigenvalue weighted by Crippen LogP contribution is -2.48. The molecule has 4 nitrogen and oxygen atoms in total. The van der Waals surface area contributed by atoms with E-state index in [0.717, 1.165) is 13.1 Å². The molecule has 2 heterocycles. The Hall–Kier alpha value is -1.94. The van der Waals surface area contributed by atoms with E-state index < -0.39 is 0 Å². The number of anilines is 1. The average Bonchev–Trinajstić information content (AvgIpc) is 3.04. The molecule has 1 amide bonds. The number of benzene rings is 1. The van der Waals surface area contributed by atoms with E-state index in [9.17, 15) is 4.79 Å². The molecule has 1 atom stereocenters. The van der Waals surface area contributed by atoms with Gasteiger partial charge in [-0.05, 0) is 43.7 Å². The van der Waals surface area contributed by atoms with Gasteiger partial charge in [-0.3, -0.25) is 4.79 Å². The van der Waals surface area contributed by atoms with E-state index in [1.54, 1.807) is 12.1 Å². The summed E-state index contributed by atoms with van der Waals surface area (Å²) in [6.45, 7) is 6.96. The molecule has 3 rings (SSSR count). The molecule has 0 bridgehead atoms. The Morgan fingerprint density at radius 3 is 2.52 bits per heavy atom. The maximum atomic E-state index is 12.5. The number of halogens is 1. The van der Waals surface area contributed by atoms with Gasteiger partial charge in [0.1, 0.15) is 5.76 Å². The lowest BCUT2D eigenvalue weighted by Gasteiger charge is -2.35. The van der Waals surface area contributed by atoms with Crippen molar-refractivity contribution in [3.05, 3.63) is 53.5 Å². The van der Waals surface area contributed by atoms with E-state index in [-0.39, 0.29) is 11.3 Å². The third-order valence-corrected chi connectivity index (χ3v) is 4.38. The monoisotopic (exact) mass is 332 g/mol. The second-order valence-electron chi connectivity index (χ2n) is 5.94. The molecule has 122 valence electrons. The summed E-state index contributed by atoms with van der Waals surface area (Å²) in [5.41, 5.74) is 2.47. The van der Waals surface area contributed by atoms with Crippen molar-refractivity contribution in [2.24, 2.45) is 0 Å². The zero-order chi connectivity index (χ0) is 16.4. The Morgan fingerprint density at radius 1 is 1.17 bits per heavy atom. The lowest BCUT2D eigenvalue weighted by molar-refractivity contribution is 0.0713. The van der Waals surface area contributed by atoms with Crippen LogP contribution in [0.3, 0.4) is 0 Å². The van der Waals surface area contributed by atoms with Gasteiger partial charge in [0.15, 0.2) is 5.76 Å². The summed E-state index contributed by atoms with van der Waals surface area (Å²) in [6.07, 6.45) is 0. The number of furan rings is 1. The highest BCUT2D eigenvalue weighted by Crippen LogP contribution is 2.23. The van der Waals surface area contributed by atoms with Gasteiger partial charge >= 0.3 is 0 Å². The molecule has 1 aliphatic heterocycles. The Balaban J connectivity index is 1.63. The third-order valence-electron chi connectivity index (χ3n) is 4.16. The zero-order valence-corrected chi connectivity index (χ0v) is 14.2. The standard InChI is InChI=1S/C18H21ClN2O2/c1-13-4-3-5-15(12-13)20-8-10-21(11-9-20)18(22)17-7-6-16(23-17)14(2)19/h3-7,12,14H,8-11H2,1-2H3. The molecule has 0 saturated carbocycles. The quantitative estimate of drug-likeness (QED) is 0.801. The van der Waals surface area contributed by atoms with Gasteiger partial charge in [-0.1, -0.05) is 12.1 Å². The maximum absolute atomic E-state index is 12.5. The molecule has 23 heavy (non-hydrogen) atoms. The van der Waals surface area contributed by atoms with Gasteiger partial charge in [0.05, 0.1) is 5.38 Å². The molecule has 1 unspecified atom stereocenters. The second-order valence-corrected chi connectivity index (χ2v) is 6.59. The molecule has 1 saturated heterocycles. The molecule has 1 aromatic carbocycles. The van der Waals surface area contributed by atoms with Crippen molar-refractivity contribution in [2.75, 3.05) is 31.1 Å². The number of hydrogen-bond acceptors (Lipinski definition) is 3. The van der Waals surface area contributed by atoms with Crippen molar-refractivity contribution in [2.45, 2.75) is 19.2 Å². The molecule has 1 aliphatic rings. The van der Waals surface area contributed by atoms with E-state index in [0.29, 0.717) is 24.6 Å². The smallest absolute Gasteiger partial charge is 0.289 e. The number of amides is 1. The van der Waals surface area contributed by atoms with Gasteiger partial charge < -0.3 is 14.2 Å². The summed E-state index contributed by atoms with van der Waals surface area (Å²) in [5, 5.41) is -0.227. The van der Waals surface area contributed by atoms with E-state index in [1.165, 1.54) is 11.3 Å². The summed E-state index contributed by atoms with van der Waals surface area (Å²) >= 11 is 5.98. The topological polar surface area (TPSA) is 36.7 Å². The van der Waals surface area contributed by atoms with Crippen molar-refractivity contribution in [3.63, 3.8) is 0 Å². The van der Waals surface area contributed by atoms with E-state index in [2.05, 4.69) is 36.1 Å². The molecule has 0 aliphatic carbocycles. The summed E-state index contributed by atoms with van der Waals surface area (Å²) in [6, 6.07) is 11.9. The van der Waals surface area contributed by atoms with Gasteiger partial charge in [-0.15, -0.1) is 11.6 Å². The molecule has 0 N–H and O–H groups in total. The third kappa shape index (κ3) is 3.53. The predicted molar refractivity (Wildman–Crippen MR) is 92.3 cm³/mol. The fraction of sp³-hybridized carbons (Fsp3) is 0.389. The van der Waals surface area contributed by atoms with E-state index in [4.69, 9.17) is 16.0 Å². The van der Waals surface area contributed by atoms with Crippen LogP contribution in [-0.2, 0) is 0 Å². The summed E-state index contributed by atoms with van der Waals surface area (Å²) in [5.74, 6) is 0.947. The van der Waals surface area contributed by atoms with Crippen LogP contribution in [-0.4, -0.2) is 37.0 Å². The zero-order valence-electron chi connectivity index (χ0n) is 13.5. The Kier molecular flexibility index (Phi) is 4.62. The Morgan fingerprint density at radius 2 is 1.91 bits per heavy atom. The fourth-order valence-electron chi connectivity index (χ4n) is 2.83. The number of carbonyl (C=O) groups excluding carboxylic acids is 1. The van der Waals surface area contributed by atoms with Crippen molar-refractivity contribution in [1.29, 1.82) is 0 Å². The number of rotatable bonds is 3. The minimum Gasteiger partial charge on any atom is -0.454 e. The van der Waals surface area contributed by atoms with Crippen molar-refractivity contribution >= 4 is 23.2 Å². The summed E-state index contributed by atoms with van der Waals surface area (Å²) < 4.78 is 5.55. The van der Waals surface area contributed by atoms with Crippen LogP contribution in [0.4, 0.5) is 5.69 Å². The van der Waals surface area contributed by atoms with Gasteiger partial charge in [-0.2, -0.15) is 0 Å². The predicted octanol–water partition coefficient (Wildman–Crippen LogP) is 3.85. The molecule has 0 radical (unpaired) electrons. The minimum absolute atomic E-state index is 0.0579. The van der Waals surface area contributed by atoms with E-state index in [1.807, 2.05) is 11.8 Å². The van der Waals surface area contributed by atoms with Crippen molar-refractivity contribution in [1.82, 2.24) is 4.90 Å². The number of hydrogen-bond donors (Lipinski definition) is 0. The number of aryl methyl sites for hydroxylation is 1. The van der Waals surface area contributed by atoms with E-state index >= 15 is 0 Å². The van der Waals surface area contributed by atoms with Gasteiger partial charge in [0.2, 0.25) is 0 Å². The van der Waals surface area contributed by atoms with Crippen LogP contribution in [0, 0.1) is 6.92 Å². The Labute approximate surface area is 141 Å². The molecule has 5 heteroatoms. The van der Waals surface area contributed by atoms with Crippen LogP contribution in [0.25, 0.3) is 0 Å². The normalized spacial score (nSPS) is 16.5. The highest BCUT2D eigenvalue weighted by molar-refractivity contribution is 6.20. The molecule has 2 aromatic rings. The van der Waals surface area contributed by atoms with Crippen molar-refractivity contribution < 1.29 is 9.21 Å². The highest BCUT2D eigenvalue weighted by Gasteiger charge is 2.24. The summed E-state index contributed by atoms with van der Waals surface area (Å²) in [4.78, 5) is 16.7. The van der Waals surface area contributed by atoms with Crippen LogP contribution in [0.2, 0.25) is 0 Å². The minimum atomic E-state index is -0.227. The molecule has 0 spiro atoms. The molecular formula is C18H21ClN2O2. The van der Waals surface area contributed by atoms with Crippen LogP contribution in [0.5, 0.6) is 0 Å². The molecule has 1 fully saturated rings. The van der Waals surface area contributed by atoms with Crippen LogP contribution < -0.4 is 4.90 Å². The second kappa shape index (κ2) is 6.67. The first kappa shape index (κ1) is 15.9. The largest absolute Gasteiger partial charge is 0.454 e. The van der Waals surface area contributed by atoms with Crippen LogP contribution in [0.1, 0.15) is 34.2 Å². The van der Waals surface area contributed by atoms with Gasteiger partial charge in [-0.25, -0.2) is 0 Å². The first-order valence-corrected chi connectivity index (χ1v) is 8.33. The SMILES string of the molecule is Cc1cccc(N2CCN(C(=O)c3ccc(C(C)Cl)o3)CC2)c1. The Bertz CT molecular complexity index is 688.